The molecule has 0 spiro atoms. The third-order valence-electron chi connectivity index (χ3n) is 3.02. The lowest BCUT2D eigenvalue weighted by atomic mass is 9.96. The second-order valence-corrected chi connectivity index (χ2v) is 6.38. The molecule has 20 heavy (non-hydrogen) atoms. The van der Waals surface area contributed by atoms with Crippen LogP contribution >= 0.6 is 0 Å². The summed E-state index contributed by atoms with van der Waals surface area (Å²) in [6.45, 7) is 8.02. The molecule has 0 amide bonds. The van der Waals surface area contributed by atoms with E-state index < -0.39 is 6.10 Å². The fourth-order valence-corrected chi connectivity index (χ4v) is 2.37. The summed E-state index contributed by atoms with van der Waals surface area (Å²) in [4.78, 5) is 2.13. The Balaban J connectivity index is 2.82. The van der Waals surface area contributed by atoms with Gasteiger partial charge in [-0.05, 0) is 30.7 Å². The molecule has 1 rings (SSSR count). The molecule has 0 bridgehead atoms. The van der Waals surface area contributed by atoms with Crippen LogP contribution in [-0.4, -0.2) is 44.4 Å². The highest BCUT2D eigenvalue weighted by atomic mass is 16.5. The molecule has 1 aromatic rings. The van der Waals surface area contributed by atoms with Crippen molar-refractivity contribution in [1.29, 1.82) is 0 Å². The van der Waals surface area contributed by atoms with Crippen molar-refractivity contribution in [2.45, 2.75) is 26.9 Å². The van der Waals surface area contributed by atoms with Gasteiger partial charge in [-0.3, -0.25) is 0 Å². The monoisotopic (exact) mass is 281 g/mol. The average molecular weight is 281 g/mol. The van der Waals surface area contributed by atoms with Crippen molar-refractivity contribution in [2.24, 2.45) is 5.41 Å². The van der Waals surface area contributed by atoms with Gasteiger partial charge in [0.1, 0.15) is 11.5 Å². The second-order valence-electron chi connectivity index (χ2n) is 6.38. The normalized spacial score (nSPS) is 13.4. The summed E-state index contributed by atoms with van der Waals surface area (Å²) >= 11 is 0. The minimum atomic E-state index is -0.604. The average Bonchev–Trinajstić information content (AvgIpc) is 2.35. The first kappa shape index (κ1) is 16.8. The van der Waals surface area contributed by atoms with Crippen LogP contribution in [-0.2, 0) is 0 Å². The van der Waals surface area contributed by atoms with Gasteiger partial charge in [-0.1, -0.05) is 20.8 Å². The van der Waals surface area contributed by atoms with Gasteiger partial charge in [-0.25, -0.2) is 0 Å². The number of hydrogen-bond donors (Lipinski definition) is 1. The molecule has 0 saturated heterocycles. The minimum Gasteiger partial charge on any atom is -0.497 e. The number of likely N-dealkylation sites (N-methyl/N-ethyl adjacent to an activating group) is 1. The molecule has 114 valence electrons. The van der Waals surface area contributed by atoms with E-state index >= 15 is 0 Å². The van der Waals surface area contributed by atoms with Gasteiger partial charge in [0.15, 0.2) is 0 Å². The van der Waals surface area contributed by atoms with E-state index in [1.165, 1.54) is 0 Å². The first-order chi connectivity index (χ1) is 9.26. The molecular formula is C16H27NO3. The van der Waals surface area contributed by atoms with E-state index in [2.05, 4.69) is 25.7 Å². The van der Waals surface area contributed by atoms with Gasteiger partial charge in [0, 0.05) is 18.7 Å². The molecule has 0 aliphatic rings. The summed E-state index contributed by atoms with van der Waals surface area (Å²) in [5.41, 5.74) is 0.958. The Morgan fingerprint density at radius 2 is 1.85 bits per heavy atom. The van der Waals surface area contributed by atoms with Crippen molar-refractivity contribution >= 4 is 0 Å². The Bertz CT molecular complexity index is 426. The van der Waals surface area contributed by atoms with Gasteiger partial charge < -0.3 is 19.5 Å². The Morgan fingerprint density at radius 1 is 1.20 bits per heavy atom. The Labute approximate surface area is 122 Å². The lowest BCUT2D eigenvalue weighted by Crippen LogP contribution is -2.32. The molecule has 1 N–H and O–H groups in total. The van der Waals surface area contributed by atoms with Crippen LogP contribution < -0.4 is 9.47 Å². The van der Waals surface area contributed by atoms with Gasteiger partial charge in [-0.15, -0.1) is 0 Å². The molecule has 1 unspecified atom stereocenters. The van der Waals surface area contributed by atoms with Crippen LogP contribution in [0.4, 0.5) is 0 Å². The zero-order valence-electron chi connectivity index (χ0n) is 13.4. The summed E-state index contributed by atoms with van der Waals surface area (Å²) in [6, 6.07) is 5.48. The fraction of sp³-hybridized carbons (Fsp3) is 0.625. The van der Waals surface area contributed by atoms with E-state index in [4.69, 9.17) is 9.47 Å². The van der Waals surface area contributed by atoms with Crippen molar-refractivity contribution < 1.29 is 14.6 Å². The molecule has 0 radical (unpaired) electrons. The van der Waals surface area contributed by atoms with Crippen LogP contribution in [0, 0.1) is 5.41 Å². The van der Waals surface area contributed by atoms with E-state index in [0.29, 0.717) is 12.3 Å². The number of rotatable bonds is 6. The first-order valence-electron chi connectivity index (χ1n) is 6.85. The van der Waals surface area contributed by atoms with Crippen molar-refractivity contribution in [3.8, 4) is 11.5 Å². The predicted octanol–water partition coefficient (Wildman–Crippen LogP) is 2.72. The van der Waals surface area contributed by atoms with Crippen LogP contribution in [0.3, 0.4) is 0 Å². The molecule has 1 aromatic carbocycles. The Hall–Kier alpha value is -1.26. The van der Waals surface area contributed by atoms with Crippen LogP contribution in [0.1, 0.15) is 32.4 Å². The van der Waals surface area contributed by atoms with Crippen molar-refractivity contribution in [2.75, 3.05) is 34.4 Å². The molecule has 4 heteroatoms. The third-order valence-corrected chi connectivity index (χ3v) is 3.02. The van der Waals surface area contributed by atoms with Crippen LogP contribution in [0.25, 0.3) is 0 Å². The summed E-state index contributed by atoms with van der Waals surface area (Å²) < 4.78 is 10.5. The van der Waals surface area contributed by atoms with Gasteiger partial charge in [0.2, 0.25) is 0 Å². The number of nitrogens with zero attached hydrogens (tertiary/aromatic N) is 1. The van der Waals surface area contributed by atoms with Crippen LogP contribution in [0.15, 0.2) is 18.2 Å². The minimum absolute atomic E-state index is 0.201. The van der Waals surface area contributed by atoms with E-state index in [0.717, 1.165) is 17.9 Å². The topological polar surface area (TPSA) is 41.9 Å². The van der Waals surface area contributed by atoms with Gasteiger partial charge >= 0.3 is 0 Å². The van der Waals surface area contributed by atoms with Gasteiger partial charge in [0.05, 0.1) is 20.3 Å². The lowest BCUT2D eigenvalue weighted by Gasteiger charge is -2.28. The maximum absolute atomic E-state index is 10.4. The van der Waals surface area contributed by atoms with Crippen LogP contribution in [0.2, 0.25) is 0 Å². The van der Waals surface area contributed by atoms with E-state index in [9.17, 15) is 5.11 Å². The summed E-state index contributed by atoms with van der Waals surface area (Å²) in [5, 5.41) is 10.4. The molecule has 0 aliphatic carbocycles. The molecule has 4 nitrogen and oxygen atoms in total. The van der Waals surface area contributed by atoms with E-state index in [-0.39, 0.29) is 5.41 Å². The number of ether oxygens (including phenoxy) is 2. The number of aliphatic hydroxyl groups excluding tert-OH is 1. The highest BCUT2D eigenvalue weighted by Gasteiger charge is 2.19. The molecular weight excluding hydrogens is 254 g/mol. The van der Waals surface area contributed by atoms with E-state index in [1.54, 1.807) is 14.2 Å². The zero-order chi connectivity index (χ0) is 15.3. The highest BCUT2D eigenvalue weighted by molar-refractivity contribution is 5.41. The number of aliphatic hydroxyl groups is 1. The van der Waals surface area contributed by atoms with Crippen molar-refractivity contribution in [3.63, 3.8) is 0 Å². The summed E-state index contributed by atoms with van der Waals surface area (Å²) in [5.74, 6) is 1.40. The third kappa shape index (κ3) is 5.02. The Morgan fingerprint density at radius 3 is 2.35 bits per heavy atom. The number of benzene rings is 1. The fourth-order valence-electron chi connectivity index (χ4n) is 2.37. The second kappa shape index (κ2) is 6.95. The van der Waals surface area contributed by atoms with Gasteiger partial charge in [-0.2, -0.15) is 0 Å². The summed E-state index contributed by atoms with van der Waals surface area (Å²) in [7, 11) is 5.24. The molecule has 0 aliphatic heterocycles. The number of methoxy groups -OCH3 is 2. The molecule has 0 heterocycles. The van der Waals surface area contributed by atoms with E-state index in [1.807, 2.05) is 25.2 Å². The largest absolute Gasteiger partial charge is 0.497 e. The standard InChI is InChI=1S/C16H27NO3/c1-16(2,3)11-17(4)10-14(18)13-9-12(19-5)7-8-15(13)20-6/h7-9,14,18H,10-11H2,1-6H3. The molecule has 0 aromatic heterocycles. The van der Waals surface area contributed by atoms with Crippen LogP contribution in [0.5, 0.6) is 11.5 Å². The van der Waals surface area contributed by atoms with Gasteiger partial charge in [0.25, 0.3) is 0 Å². The highest BCUT2D eigenvalue weighted by Crippen LogP contribution is 2.30. The SMILES string of the molecule is COc1ccc(OC)c(C(O)CN(C)CC(C)(C)C)c1. The van der Waals surface area contributed by atoms with Crippen molar-refractivity contribution in [1.82, 2.24) is 4.90 Å². The maximum Gasteiger partial charge on any atom is 0.124 e. The maximum atomic E-state index is 10.4. The smallest absolute Gasteiger partial charge is 0.124 e. The molecule has 0 saturated carbocycles. The van der Waals surface area contributed by atoms with Crippen molar-refractivity contribution in [3.05, 3.63) is 23.8 Å². The lowest BCUT2D eigenvalue weighted by molar-refractivity contribution is 0.106. The number of hydrogen-bond acceptors (Lipinski definition) is 4. The predicted molar refractivity (Wildman–Crippen MR) is 81.5 cm³/mol. The molecule has 1 atom stereocenters. The first-order valence-corrected chi connectivity index (χ1v) is 6.85. The zero-order valence-corrected chi connectivity index (χ0v) is 13.4. The Kier molecular flexibility index (Phi) is 5.84. The summed E-state index contributed by atoms with van der Waals surface area (Å²) in [6.07, 6.45) is -0.604. The molecule has 0 fully saturated rings. The quantitative estimate of drug-likeness (QED) is 0.870.